The Labute approximate surface area is 118 Å². The molecule has 19 heavy (non-hydrogen) atoms. The molecular formula is C14H12BrN3O. The van der Waals surface area contributed by atoms with Crippen molar-refractivity contribution in [1.82, 2.24) is 14.5 Å². The fourth-order valence-electron chi connectivity index (χ4n) is 2.42. The first-order valence-corrected chi connectivity index (χ1v) is 7.12. The lowest BCUT2D eigenvalue weighted by Gasteiger charge is -2.04. The summed E-state index contributed by atoms with van der Waals surface area (Å²) in [5, 5.41) is 1.10. The van der Waals surface area contributed by atoms with Gasteiger partial charge in [-0.25, -0.2) is 9.97 Å². The highest BCUT2D eigenvalue weighted by atomic mass is 79.9. The summed E-state index contributed by atoms with van der Waals surface area (Å²) in [6, 6.07) is 4.33. The SMILES string of the molecule is Cc1nc(-c2ccco2)nc2c1c(Br)cn2C1CC1. The van der Waals surface area contributed by atoms with Gasteiger partial charge in [-0.2, -0.15) is 0 Å². The lowest BCUT2D eigenvalue weighted by Crippen LogP contribution is -1.98. The Morgan fingerprint density at radius 3 is 2.89 bits per heavy atom. The minimum absolute atomic E-state index is 0.590. The summed E-state index contributed by atoms with van der Waals surface area (Å²) in [7, 11) is 0. The normalized spacial score (nSPS) is 15.3. The van der Waals surface area contributed by atoms with Crippen LogP contribution in [-0.4, -0.2) is 14.5 Å². The fraction of sp³-hybridized carbons (Fsp3) is 0.286. The van der Waals surface area contributed by atoms with Crippen LogP contribution in [0, 0.1) is 6.92 Å². The molecule has 4 rings (SSSR count). The van der Waals surface area contributed by atoms with Crippen molar-refractivity contribution >= 4 is 27.0 Å². The van der Waals surface area contributed by atoms with E-state index in [4.69, 9.17) is 4.42 Å². The average Bonchev–Trinajstić information content (AvgIpc) is 2.97. The van der Waals surface area contributed by atoms with Gasteiger partial charge in [0.2, 0.25) is 0 Å². The summed E-state index contributed by atoms with van der Waals surface area (Å²) in [4.78, 5) is 9.24. The molecule has 0 bridgehead atoms. The Balaban J connectivity index is 2.01. The Hall–Kier alpha value is -1.62. The summed E-state index contributed by atoms with van der Waals surface area (Å²) < 4.78 is 8.72. The summed E-state index contributed by atoms with van der Waals surface area (Å²) in [6.07, 6.45) is 6.23. The highest BCUT2D eigenvalue weighted by molar-refractivity contribution is 9.10. The first kappa shape index (κ1) is 11.2. The maximum atomic E-state index is 5.40. The molecule has 0 N–H and O–H groups in total. The van der Waals surface area contributed by atoms with Crippen LogP contribution in [0.2, 0.25) is 0 Å². The number of aryl methyl sites for hydroxylation is 1. The number of hydrogen-bond acceptors (Lipinski definition) is 3. The molecule has 3 aromatic heterocycles. The van der Waals surface area contributed by atoms with Crippen molar-refractivity contribution in [3.05, 3.63) is 34.8 Å². The third-order valence-electron chi connectivity index (χ3n) is 3.49. The second kappa shape index (κ2) is 3.93. The van der Waals surface area contributed by atoms with Gasteiger partial charge in [-0.15, -0.1) is 0 Å². The van der Waals surface area contributed by atoms with E-state index in [1.807, 2.05) is 19.1 Å². The summed E-state index contributed by atoms with van der Waals surface area (Å²) in [5.74, 6) is 1.37. The van der Waals surface area contributed by atoms with Crippen molar-refractivity contribution in [2.45, 2.75) is 25.8 Å². The molecule has 3 heterocycles. The predicted octanol–water partition coefficient (Wildman–Crippen LogP) is 4.10. The molecule has 3 aromatic rings. The molecule has 0 radical (unpaired) electrons. The highest BCUT2D eigenvalue weighted by Gasteiger charge is 2.27. The average molecular weight is 318 g/mol. The molecule has 5 heteroatoms. The zero-order valence-corrected chi connectivity index (χ0v) is 12.0. The van der Waals surface area contributed by atoms with Gasteiger partial charge < -0.3 is 8.98 Å². The van der Waals surface area contributed by atoms with Crippen LogP contribution in [-0.2, 0) is 0 Å². The van der Waals surface area contributed by atoms with Crippen LogP contribution in [0.4, 0.5) is 0 Å². The van der Waals surface area contributed by atoms with E-state index >= 15 is 0 Å². The van der Waals surface area contributed by atoms with Crippen LogP contribution in [0.15, 0.2) is 33.5 Å². The monoisotopic (exact) mass is 317 g/mol. The zero-order chi connectivity index (χ0) is 13.0. The van der Waals surface area contributed by atoms with Crippen molar-refractivity contribution in [2.75, 3.05) is 0 Å². The number of aromatic nitrogens is 3. The Morgan fingerprint density at radius 2 is 2.21 bits per heavy atom. The summed E-state index contributed by atoms with van der Waals surface area (Å²) in [5.41, 5.74) is 1.97. The van der Waals surface area contributed by atoms with E-state index < -0.39 is 0 Å². The van der Waals surface area contributed by atoms with Crippen molar-refractivity contribution in [2.24, 2.45) is 0 Å². The number of hydrogen-bond donors (Lipinski definition) is 0. The van der Waals surface area contributed by atoms with Crippen LogP contribution in [0.25, 0.3) is 22.6 Å². The van der Waals surface area contributed by atoms with E-state index in [0.717, 1.165) is 21.2 Å². The highest BCUT2D eigenvalue weighted by Crippen LogP contribution is 2.40. The van der Waals surface area contributed by atoms with E-state index in [0.29, 0.717) is 17.6 Å². The number of fused-ring (bicyclic) bond motifs is 1. The quantitative estimate of drug-likeness (QED) is 0.714. The largest absolute Gasteiger partial charge is 0.461 e. The molecule has 0 saturated heterocycles. The molecule has 4 nitrogen and oxygen atoms in total. The van der Waals surface area contributed by atoms with Crippen molar-refractivity contribution in [1.29, 1.82) is 0 Å². The van der Waals surface area contributed by atoms with Crippen LogP contribution < -0.4 is 0 Å². The second-order valence-corrected chi connectivity index (χ2v) is 5.78. The third-order valence-corrected chi connectivity index (χ3v) is 4.09. The minimum Gasteiger partial charge on any atom is -0.461 e. The number of nitrogens with zero attached hydrogens (tertiary/aromatic N) is 3. The molecule has 0 atom stereocenters. The number of furan rings is 1. The standard InChI is InChI=1S/C14H12BrN3O/c1-8-12-10(15)7-18(9-4-5-9)14(12)17-13(16-8)11-3-2-6-19-11/h2-3,6-7,9H,4-5H2,1H3. The lowest BCUT2D eigenvalue weighted by molar-refractivity contribution is 0.577. The first-order valence-electron chi connectivity index (χ1n) is 6.32. The van der Waals surface area contributed by atoms with Crippen molar-refractivity contribution < 1.29 is 4.42 Å². The Kier molecular flexibility index (Phi) is 2.33. The van der Waals surface area contributed by atoms with Gasteiger partial charge in [0.25, 0.3) is 0 Å². The van der Waals surface area contributed by atoms with Gasteiger partial charge in [0.1, 0.15) is 5.65 Å². The lowest BCUT2D eigenvalue weighted by atomic mass is 10.3. The molecule has 1 fully saturated rings. The minimum atomic E-state index is 0.590. The second-order valence-electron chi connectivity index (χ2n) is 4.92. The van der Waals surface area contributed by atoms with Crippen molar-refractivity contribution in [3.63, 3.8) is 0 Å². The summed E-state index contributed by atoms with van der Waals surface area (Å²) in [6.45, 7) is 2.01. The van der Waals surface area contributed by atoms with E-state index in [9.17, 15) is 0 Å². The Bertz CT molecular complexity index is 757. The molecular weight excluding hydrogens is 306 g/mol. The van der Waals surface area contributed by atoms with Crippen LogP contribution in [0.3, 0.4) is 0 Å². The molecule has 0 unspecified atom stereocenters. The van der Waals surface area contributed by atoms with Gasteiger partial charge in [-0.3, -0.25) is 0 Å². The first-order chi connectivity index (χ1) is 9.24. The topological polar surface area (TPSA) is 43.9 Å². The smallest absolute Gasteiger partial charge is 0.197 e. The van der Waals surface area contributed by atoms with Crippen LogP contribution >= 0.6 is 15.9 Å². The molecule has 96 valence electrons. The number of halogens is 1. The molecule has 1 saturated carbocycles. The van der Waals surface area contributed by atoms with Crippen LogP contribution in [0.5, 0.6) is 0 Å². The molecule has 0 aromatic carbocycles. The summed E-state index contributed by atoms with van der Waals surface area (Å²) >= 11 is 3.61. The molecule has 1 aliphatic rings. The predicted molar refractivity (Wildman–Crippen MR) is 75.9 cm³/mol. The fourth-order valence-corrected chi connectivity index (χ4v) is 3.10. The molecule has 0 aliphatic heterocycles. The van der Waals surface area contributed by atoms with Gasteiger partial charge in [0.15, 0.2) is 11.6 Å². The van der Waals surface area contributed by atoms with E-state index in [-0.39, 0.29) is 0 Å². The third kappa shape index (κ3) is 1.72. The maximum Gasteiger partial charge on any atom is 0.197 e. The molecule has 0 amide bonds. The van der Waals surface area contributed by atoms with E-state index in [2.05, 4.69) is 36.7 Å². The maximum absolute atomic E-state index is 5.40. The molecule has 1 aliphatic carbocycles. The molecule has 0 spiro atoms. The van der Waals surface area contributed by atoms with Gasteiger partial charge in [0.05, 0.1) is 17.3 Å². The van der Waals surface area contributed by atoms with Gasteiger partial charge in [0, 0.05) is 16.7 Å². The van der Waals surface area contributed by atoms with E-state index in [1.165, 1.54) is 12.8 Å². The van der Waals surface area contributed by atoms with E-state index in [1.54, 1.807) is 6.26 Å². The van der Waals surface area contributed by atoms with Gasteiger partial charge in [-0.05, 0) is 47.8 Å². The van der Waals surface area contributed by atoms with Crippen LogP contribution in [0.1, 0.15) is 24.6 Å². The Morgan fingerprint density at radius 1 is 1.37 bits per heavy atom. The zero-order valence-electron chi connectivity index (χ0n) is 10.4. The van der Waals surface area contributed by atoms with Crippen molar-refractivity contribution in [3.8, 4) is 11.6 Å². The number of rotatable bonds is 2. The van der Waals surface area contributed by atoms with Gasteiger partial charge >= 0.3 is 0 Å². The van der Waals surface area contributed by atoms with Gasteiger partial charge in [-0.1, -0.05) is 0 Å².